The first-order chi connectivity index (χ1) is 16.7. The maximum absolute atomic E-state index is 14.6. The molecule has 2 N–H and O–H groups in total. The van der Waals surface area contributed by atoms with Crippen LogP contribution in [0.5, 0.6) is 11.6 Å². The third kappa shape index (κ3) is 5.00. The molecule has 2 atom stereocenters. The minimum Gasteiger partial charge on any atom is -0.435 e. The number of sulfone groups is 1. The SMILES string of the molecule is Cc1c(Oc2ccc(S(C)(=O)=O)cc2F)ncnc1N1C2CCC1CC(N=CN=C(N)C1CC1)C2. The molecule has 2 aliphatic heterocycles. The van der Waals surface area contributed by atoms with Crippen molar-refractivity contribution in [2.75, 3.05) is 11.2 Å². The number of anilines is 1. The number of rotatable bonds is 7. The summed E-state index contributed by atoms with van der Waals surface area (Å²) in [6.07, 6.45) is 10.2. The number of hydrogen-bond acceptors (Lipinski definition) is 7. The lowest BCUT2D eigenvalue weighted by Crippen LogP contribution is -2.45. The molecule has 11 heteroatoms. The van der Waals surface area contributed by atoms with Crippen molar-refractivity contribution in [3.05, 3.63) is 35.9 Å². The van der Waals surface area contributed by atoms with E-state index in [0.29, 0.717) is 17.3 Å². The topological polar surface area (TPSA) is 123 Å². The Kier molecular flexibility index (Phi) is 6.20. The fraction of sp³-hybridized carbons (Fsp3) is 0.500. The first-order valence-corrected chi connectivity index (χ1v) is 13.7. The van der Waals surface area contributed by atoms with Crippen molar-refractivity contribution >= 4 is 27.8 Å². The molecule has 5 rings (SSSR count). The Bertz CT molecular complexity index is 1280. The molecule has 3 aliphatic rings. The highest BCUT2D eigenvalue weighted by Crippen LogP contribution is 2.42. The molecule has 3 fully saturated rings. The highest BCUT2D eigenvalue weighted by molar-refractivity contribution is 7.90. The van der Waals surface area contributed by atoms with Gasteiger partial charge in [0.2, 0.25) is 5.88 Å². The Balaban J connectivity index is 1.32. The zero-order valence-corrected chi connectivity index (χ0v) is 20.6. The van der Waals surface area contributed by atoms with Crippen LogP contribution in [-0.2, 0) is 9.84 Å². The van der Waals surface area contributed by atoms with E-state index in [2.05, 4.69) is 24.9 Å². The molecule has 186 valence electrons. The lowest BCUT2D eigenvalue weighted by atomic mass is 9.97. The molecular weight excluding hydrogens is 471 g/mol. The molecule has 2 bridgehead atoms. The summed E-state index contributed by atoms with van der Waals surface area (Å²) in [5, 5.41) is 0. The van der Waals surface area contributed by atoms with Crippen LogP contribution in [0.2, 0.25) is 0 Å². The molecule has 2 aromatic rings. The molecule has 1 aromatic carbocycles. The molecule has 35 heavy (non-hydrogen) atoms. The molecule has 0 radical (unpaired) electrons. The molecule has 9 nitrogen and oxygen atoms in total. The van der Waals surface area contributed by atoms with Crippen LogP contribution in [0.3, 0.4) is 0 Å². The Labute approximate surface area is 204 Å². The van der Waals surface area contributed by atoms with Gasteiger partial charge >= 0.3 is 0 Å². The van der Waals surface area contributed by atoms with Crippen LogP contribution in [-0.4, -0.2) is 54.9 Å². The number of aliphatic imine (C=N–C) groups is 2. The number of aromatic nitrogens is 2. The van der Waals surface area contributed by atoms with Gasteiger partial charge in [0, 0.05) is 24.3 Å². The fourth-order valence-corrected chi connectivity index (χ4v) is 5.62. The van der Waals surface area contributed by atoms with E-state index in [0.717, 1.165) is 56.7 Å². The van der Waals surface area contributed by atoms with Crippen LogP contribution in [0.4, 0.5) is 10.2 Å². The number of hydrogen-bond donors (Lipinski definition) is 1. The lowest BCUT2D eigenvalue weighted by Gasteiger charge is -2.39. The van der Waals surface area contributed by atoms with Crippen molar-refractivity contribution in [2.24, 2.45) is 21.6 Å². The monoisotopic (exact) mass is 500 g/mol. The summed E-state index contributed by atoms with van der Waals surface area (Å²) in [6, 6.07) is 4.34. The quantitative estimate of drug-likeness (QED) is 0.456. The van der Waals surface area contributed by atoms with Crippen molar-refractivity contribution in [1.29, 1.82) is 0 Å². The van der Waals surface area contributed by atoms with Gasteiger partial charge in [-0.05, 0) is 63.6 Å². The van der Waals surface area contributed by atoms with E-state index in [4.69, 9.17) is 10.5 Å². The number of ether oxygens (including phenoxy) is 1. The Hall–Kier alpha value is -3.08. The summed E-state index contributed by atoms with van der Waals surface area (Å²) in [7, 11) is -3.52. The average Bonchev–Trinajstić information content (AvgIpc) is 3.62. The molecule has 3 heterocycles. The van der Waals surface area contributed by atoms with Crippen LogP contribution in [0.25, 0.3) is 0 Å². The molecule has 1 saturated carbocycles. The van der Waals surface area contributed by atoms with Crippen molar-refractivity contribution in [2.45, 2.75) is 68.5 Å². The van der Waals surface area contributed by atoms with Gasteiger partial charge in [0.15, 0.2) is 21.4 Å². The summed E-state index contributed by atoms with van der Waals surface area (Å²) >= 11 is 0. The number of benzene rings is 1. The van der Waals surface area contributed by atoms with Gasteiger partial charge in [-0.3, -0.25) is 4.99 Å². The zero-order chi connectivity index (χ0) is 24.7. The fourth-order valence-electron chi connectivity index (χ4n) is 4.98. The van der Waals surface area contributed by atoms with Gasteiger partial charge in [0.1, 0.15) is 24.3 Å². The van der Waals surface area contributed by atoms with E-state index in [1.807, 2.05) is 6.92 Å². The van der Waals surface area contributed by atoms with Crippen molar-refractivity contribution < 1.29 is 17.5 Å². The third-order valence-corrected chi connectivity index (χ3v) is 8.09. The number of amidine groups is 1. The number of fused-ring (bicyclic) bond motifs is 2. The standard InChI is InChI=1S/C24H29FN6O3S/c1-14-23(29-13-30-24(14)34-21-8-7-19(11-20(21)25)35(2,32)33)31-17-5-6-18(31)10-16(9-17)27-12-28-22(26)15-3-4-15/h7-8,11-13,15-18H,3-6,9-10H2,1-2H3,(H2,26,27,28). The number of halogens is 1. The smallest absolute Gasteiger partial charge is 0.227 e. The van der Waals surface area contributed by atoms with E-state index in [1.165, 1.54) is 18.5 Å². The minimum atomic E-state index is -3.52. The van der Waals surface area contributed by atoms with Crippen LogP contribution < -0.4 is 15.4 Å². The number of piperidine rings is 1. The summed E-state index contributed by atoms with van der Waals surface area (Å²) in [6.45, 7) is 1.85. The lowest BCUT2D eigenvalue weighted by molar-refractivity contribution is 0.406. The van der Waals surface area contributed by atoms with Crippen molar-refractivity contribution in [3.8, 4) is 11.6 Å². The maximum atomic E-state index is 14.6. The molecule has 1 aliphatic carbocycles. The zero-order valence-electron chi connectivity index (χ0n) is 19.8. The highest BCUT2D eigenvalue weighted by Gasteiger charge is 2.42. The first kappa shape index (κ1) is 23.7. The van der Waals surface area contributed by atoms with E-state index < -0.39 is 15.7 Å². The van der Waals surface area contributed by atoms with Crippen LogP contribution in [0.1, 0.15) is 44.1 Å². The first-order valence-electron chi connectivity index (χ1n) is 11.8. The Morgan fingerprint density at radius 1 is 1.20 bits per heavy atom. The highest BCUT2D eigenvalue weighted by atomic mass is 32.2. The second-order valence-electron chi connectivity index (χ2n) is 9.60. The Morgan fingerprint density at radius 3 is 2.54 bits per heavy atom. The van der Waals surface area contributed by atoms with Gasteiger partial charge < -0.3 is 15.4 Å². The molecule has 2 saturated heterocycles. The normalized spacial score (nSPS) is 24.8. The van der Waals surface area contributed by atoms with Gasteiger partial charge in [0.05, 0.1) is 16.5 Å². The summed E-state index contributed by atoms with van der Waals surface area (Å²) in [5.41, 5.74) is 6.66. The molecule has 2 unspecified atom stereocenters. The van der Waals surface area contributed by atoms with Gasteiger partial charge in [-0.2, -0.15) is 0 Å². The minimum absolute atomic E-state index is 0.0906. The Morgan fingerprint density at radius 2 is 1.91 bits per heavy atom. The number of nitrogens with two attached hydrogens (primary N) is 1. The molecule has 0 amide bonds. The molecular formula is C24H29FN6O3S. The van der Waals surface area contributed by atoms with E-state index >= 15 is 0 Å². The van der Waals surface area contributed by atoms with E-state index in [9.17, 15) is 12.8 Å². The van der Waals surface area contributed by atoms with Gasteiger partial charge in [-0.1, -0.05) is 0 Å². The summed E-state index contributed by atoms with van der Waals surface area (Å²) < 4.78 is 43.7. The van der Waals surface area contributed by atoms with Crippen LogP contribution in [0, 0.1) is 18.7 Å². The molecule has 1 aromatic heterocycles. The largest absolute Gasteiger partial charge is 0.435 e. The van der Waals surface area contributed by atoms with Crippen LogP contribution in [0.15, 0.2) is 39.4 Å². The van der Waals surface area contributed by atoms with E-state index in [-0.39, 0.29) is 34.7 Å². The van der Waals surface area contributed by atoms with E-state index in [1.54, 1.807) is 6.34 Å². The summed E-state index contributed by atoms with van der Waals surface area (Å²) in [4.78, 5) is 19.9. The van der Waals surface area contributed by atoms with Crippen LogP contribution >= 0.6 is 0 Å². The molecule has 0 spiro atoms. The van der Waals surface area contributed by atoms with Crippen molar-refractivity contribution in [3.63, 3.8) is 0 Å². The third-order valence-electron chi connectivity index (χ3n) is 6.98. The predicted molar refractivity (Wildman–Crippen MR) is 132 cm³/mol. The van der Waals surface area contributed by atoms with Crippen molar-refractivity contribution in [1.82, 2.24) is 9.97 Å². The van der Waals surface area contributed by atoms with Gasteiger partial charge in [0.25, 0.3) is 0 Å². The number of nitrogens with zero attached hydrogens (tertiary/aromatic N) is 5. The predicted octanol–water partition coefficient (Wildman–Crippen LogP) is 3.42. The summed E-state index contributed by atoms with van der Waals surface area (Å²) in [5.74, 6) is 1.27. The second-order valence-corrected chi connectivity index (χ2v) is 11.6. The maximum Gasteiger partial charge on any atom is 0.227 e. The second kappa shape index (κ2) is 9.18. The van der Waals surface area contributed by atoms with Gasteiger partial charge in [-0.15, -0.1) is 0 Å². The average molecular weight is 501 g/mol. The van der Waals surface area contributed by atoms with Gasteiger partial charge in [-0.25, -0.2) is 27.8 Å².